The van der Waals surface area contributed by atoms with E-state index in [2.05, 4.69) is 22.2 Å². The van der Waals surface area contributed by atoms with E-state index in [1.807, 2.05) is 11.6 Å². The van der Waals surface area contributed by atoms with Gasteiger partial charge in [-0.15, -0.1) is 22.7 Å². The van der Waals surface area contributed by atoms with E-state index in [1.165, 1.54) is 16.2 Å². The van der Waals surface area contributed by atoms with Crippen LogP contribution in [-0.2, 0) is 24.2 Å². The summed E-state index contributed by atoms with van der Waals surface area (Å²) in [6, 6.07) is 0. The molecule has 0 aliphatic heterocycles. The average Bonchev–Trinajstić information content (AvgIpc) is 3.03. The molecule has 0 aliphatic rings. The van der Waals surface area contributed by atoms with Gasteiger partial charge < -0.3 is 10.4 Å². The molecule has 0 radical (unpaired) electrons. The maximum atomic E-state index is 10.5. The minimum atomic E-state index is -0.794. The number of carbonyl (C=O) groups is 1. The van der Waals surface area contributed by atoms with Crippen molar-refractivity contribution in [2.45, 2.75) is 32.7 Å². The van der Waals surface area contributed by atoms with Crippen LogP contribution in [0, 0.1) is 0 Å². The van der Waals surface area contributed by atoms with Crippen molar-refractivity contribution in [2.24, 2.45) is 0 Å². The van der Waals surface area contributed by atoms with Crippen LogP contribution in [0.3, 0.4) is 0 Å². The van der Waals surface area contributed by atoms with Gasteiger partial charge in [0.25, 0.3) is 0 Å². The number of hydrogen-bond donors (Lipinski definition) is 2. The van der Waals surface area contributed by atoms with Crippen molar-refractivity contribution in [3.63, 3.8) is 0 Å². The molecule has 7 heteroatoms. The van der Waals surface area contributed by atoms with Gasteiger partial charge in [0.1, 0.15) is 5.01 Å². The van der Waals surface area contributed by atoms with Gasteiger partial charge in [0.2, 0.25) is 0 Å². The Morgan fingerprint density at radius 1 is 1.53 bits per heavy atom. The molecule has 2 rings (SSSR count). The van der Waals surface area contributed by atoms with Crippen LogP contribution in [0.5, 0.6) is 0 Å². The second-order valence-corrected chi connectivity index (χ2v) is 6.02. The molecule has 0 fully saturated rings. The molecule has 2 N–H and O–H groups in total. The van der Waals surface area contributed by atoms with E-state index in [9.17, 15) is 4.79 Å². The lowest BCUT2D eigenvalue weighted by molar-refractivity contribution is -0.136. The van der Waals surface area contributed by atoms with E-state index in [0.29, 0.717) is 13.0 Å². The van der Waals surface area contributed by atoms with Crippen molar-refractivity contribution in [2.75, 3.05) is 5.32 Å². The van der Waals surface area contributed by atoms with Gasteiger partial charge in [-0.05, 0) is 6.42 Å². The zero-order valence-electron chi connectivity index (χ0n) is 10.5. The van der Waals surface area contributed by atoms with Crippen LogP contribution < -0.4 is 5.32 Å². The van der Waals surface area contributed by atoms with Crippen molar-refractivity contribution in [1.82, 2.24) is 9.97 Å². The van der Waals surface area contributed by atoms with Crippen molar-refractivity contribution >= 4 is 33.8 Å². The number of hydrogen-bond acceptors (Lipinski definition) is 6. The van der Waals surface area contributed by atoms with Gasteiger partial charge in [0.15, 0.2) is 5.13 Å². The zero-order valence-corrected chi connectivity index (χ0v) is 12.2. The van der Waals surface area contributed by atoms with Gasteiger partial charge in [-0.25, -0.2) is 9.97 Å². The van der Waals surface area contributed by atoms with E-state index in [4.69, 9.17) is 5.11 Å². The molecule has 0 unspecified atom stereocenters. The Bertz CT molecular complexity index is 551. The van der Waals surface area contributed by atoms with Crippen molar-refractivity contribution in [3.05, 3.63) is 27.2 Å². The second-order valence-electron chi connectivity index (χ2n) is 3.97. The fraction of sp³-hybridized carbons (Fsp3) is 0.417. The highest BCUT2D eigenvalue weighted by Gasteiger charge is 2.05. The van der Waals surface area contributed by atoms with E-state index in [1.54, 1.807) is 11.3 Å². The standard InChI is InChI=1S/C12H15N3O2S2/c1-2-9-5-13-10(19-9)6-14-12-15-8(7-18-12)3-4-11(16)17/h5,7H,2-4,6H2,1H3,(H,14,15)(H,16,17). The topological polar surface area (TPSA) is 75.1 Å². The largest absolute Gasteiger partial charge is 0.481 e. The monoisotopic (exact) mass is 297 g/mol. The van der Waals surface area contributed by atoms with Crippen LogP contribution in [0.15, 0.2) is 11.6 Å². The van der Waals surface area contributed by atoms with Crippen LogP contribution in [0.2, 0.25) is 0 Å². The average molecular weight is 297 g/mol. The minimum absolute atomic E-state index is 0.121. The summed E-state index contributed by atoms with van der Waals surface area (Å²) in [5.41, 5.74) is 0.822. The molecular formula is C12H15N3O2S2. The van der Waals surface area contributed by atoms with Crippen LogP contribution in [0.25, 0.3) is 0 Å². The Morgan fingerprint density at radius 3 is 3.05 bits per heavy atom. The summed E-state index contributed by atoms with van der Waals surface area (Å²) in [4.78, 5) is 20.4. The summed E-state index contributed by atoms with van der Waals surface area (Å²) >= 11 is 3.19. The van der Waals surface area contributed by atoms with Gasteiger partial charge in [-0.3, -0.25) is 4.79 Å². The smallest absolute Gasteiger partial charge is 0.303 e. The van der Waals surface area contributed by atoms with Crippen molar-refractivity contribution < 1.29 is 9.90 Å². The fourth-order valence-electron chi connectivity index (χ4n) is 1.48. The molecule has 0 atom stereocenters. The lowest BCUT2D eigenvalue weighted by Crippen LogP contribution is -2.00. The van der Waals surface area contributed by atoms with E-state index in [-0.39, 0.29) is 6.42 Å². The second kappa shape index (κ2) is 6.63. The number of nitrogens with one attached hydrogen (secondary N) is 1. The number of aliphatic carboxylic acids is 1. The molecule has 0 saturated heterocycles. The molecule has 0 spiro atoms. The molecular weight excluding hydrogens is 282 g/mol. The summed E-state index contributed by atoms with van der Waals surface area (Å²) in [5.74, 6) is -0.794. The highest BCUT2D eigenvalue weighted by atomic mass is 32.1. The lowest BCUT2D eigenvalue weighted by atomic mass is 10.2. The molecule has 0 aromatic carbocycles. The number of thiazole rings is 2. The number of anilines is 1. The van der Waals surface area contributed by atoms with Crippen LogP contribution in [0.1, 0.15) is 28.9 Å². The number of carboxylic acids is 1. The summed E-state index contributed by atoms with van der Waals surface area (Å²) in [6.45, 7) is 2.77. The Labute approximate surface area is 119 Å². The van der Waals surface area contributed by atoms with Gasteiger partial charge in [-0.2, -0.15) is 0 Å². The number of nitrogens with zero attached hydrogens (tertiary/aromatic N) is 2. The fourth-order valence-corrected chi connectivity index (χ4v) is 3.03. The molecule has 0 aliphatic carbocycles. The van der Waals surface area contributed by atoms with Gasteiger partial charge >= 0.3 is 5.97 Å². The first kappa shape index (κ1) is 14.0. The maximum absolute atomic E-state index is 10.5. The summed E-state index contributed by atoms with van der Waals surface area (Å²) in [6.07, 6.45) is 3.51. The maximum Gasteiger partial charge on any atom is 0.303 e. The van der Waals surface area contributed by atoms with E-state index >= 15 is 0 Å². The first-order valence-electron chi connectivity index (χ1n) is 6.01. The number of rotatable bonds is 7. The molecule has 2 aromatic heterocycles. The Morgan fingerprint density at radius 2 is 2.37 bits per heavy atom. The Balaban J connectivity index is 1.84. The third kappa shape index (κ3) is 4.29. The van der Waals surface area contributed by atoms with Gasteiger partial charge in [0.05, 0.1) is 18.7 Å². The third-order valence-corrected chi connectivity index (χ3v) is 4.48. The predicted molar refractivity (Wildman–Crippen MR) is 76.9 cm³/mol. The van der Waals surface area contributed by atoms with Crippen LogP contribution in [0.4, 0.5) is 5.13 Å². The molecule has 0 saturated carbocycles. The van der Waals surface area contributed by atoms with E-state index < -0.39 is 5.97 Å². The van der Waals surface area contributed by atoms with Crippen molar-refractivity contribution in [3.8, 4) is 0 Å². The number of aromatic nitrogens is 2. The van der Waals surface area contributed by atoms with Crippen LogP contribution >= 0.6 is 22.7 Å². The SMILES string of the molecule is CCc1cnc(CNc2nc(CCC(=O)O)cs2)s1. The molecule has 2 heterocycles. The molecule has 0 bridgehead atoms. The van der Waals surface area contributed by atoms with Crippen molar-refractivity contribution in [1.29, 1.82) is 0 Å². The molecule has 2 aromatic rings. The van der Waals surface area contributed by atoms with E-state index in [0.717, 1.165) is 22.3 Å². The van der Waals surface area contributed by atoms with Gasteiger partial charge in [-0.1, -0.05) is 6.92 Å². The lowest BCUT2D eigenvalue weighted by Gasteiger charge is -1.98. The zero-order chi connectivity index (χ0) is 13.7. The number of aryl methyl sites for hydroxylation is 2. The van der Waals surface area contributed by atoms with Gasteiger partial charge in [0, 0.05) is 22.9 Å². The molecule has 102 valence electrons. The van der Waals surface area contributed by atoms with Crippen LogP contribution in [-0.4, -0.2) is 21.0 Å². The summed E-state index contributed by atoms with van der Waals surface area (Å²) in [5, 5.41) is 15.6. The first-order chi connectivity index (χ1) is 9.17. The highest BCUT2D eigenvalue weighted by molar-refractivity contribution is 7.13. The predicted octanol–water partition coefficient (Wildman–Crippen LogP) is 2.79. The molecule has 19 heavy (non-hydrogen) atoms. The number of carboxylic acid groups (broad SMARTS) is 1. The highest BCUT2D eigenvalue weighted by Crippen LogP contribution is 2.19. The first-order valence-corrected chi connectivity index (χ1v) is 7.70. The Hall–Kier alpha value is -1.47. The minimum Gasteiger partial charge on any atom is -0.481 e. The molecule has 0 amide bonds. The Kier molecular flexibility index (Phi) is 4.86. The quantitative estimate of drug-likeness (QED) is 0.822. The molecule has 5 nitrogen and oxygen atoms in total. The summed E-state index contributed by atoms with van der Waals surface area (Å²) in [7, 11) is 0. The normalized spacial score (nSPS) is 10.6. The summed E-state index contributed by atoms with van der Waals surface area (Å²) < 4.78 is 0. The third-order valence-electron chi connectivity index (χ3n) is 2.49.